The Balaban J connectivity index is 1.87. The number of halogens is 2. The van der Waals surface area contributed by atoms with Crippen molar-refractivity contribution in [2.24, 2.45) is 5.73 Å². The molecular weight excluding hydrogens is 318 g/mol. The van der Waals surface area contributed by atoms with E-state index in [1.165, 1.54) is 0 Å². The Morgan fingerprint density at radius 1 is 1.29 bits per heavy atom. The number of aromatic nitrogens is 3. The predicted molar refractivity (Wildman–Crippen MR) is 85.4 cm³/mol. The van der Waals surface area contributed by atoms with Gasteiger partial charge in [0.05, 0.1) is 11.1 Å². The second kappa shape index (κ2) is 6.49. The van der Waals surface area contributed by atoms with Crippen molar-refractivity contribution >= 4 is 34.4 Å². The quantitative estimate of drug-likeness (QED) is 0.552. The van der Waals surface area contributed by atoms with Crippen LogP contribution >= 0.6 is 0 Å². The normalized spacial score (nSPS) is 11.0. The molecule has 0 bridgehead atoms. The summed E-state index contributed by atoms with van der Waals surface area (Å²) < 4.78 is 24.9. The highest BCUT2D eigenvalue weighted by molar-refractivity contribution is 5.93. The zero-order chi connectivity index (χ0) is 17.1. The van der Waals surface area contributed by atoms with Crippen LogP contribution in [-0.4, -0.2) is 28.8 Å². The van der Waals surface area contributed by atoms with E-state index >= 15 is 0 Å². The Labute approximate surface area is 135 Å². The number of carbonyl (C=O) groups is 1. The standard InChI is InChI=1S/C15H14F2N6O/c16-11(17)7-20-14-10-5-6-19-13(10)22-15(23-14)21-9-3-1-8(2-4-9)12(18)24/h1-6,11H,7H2,(H2,18,24)(H3,19,20,21,22,23)/p+1. The molecule has 1 amide bonds. The summed E-state index contributed by atoms with van der Waals surface area (Å²) in [5.41, 5.74) is 6.78. The summed E-state index contributed by atoms with van der Waals surface area (Å²) >= 11 is 0. The molecule has 0 saturated heterocycles. The predicted octanol–water partition coefficient (Wildman–Crippen LogP) is 1.90. The second-order valence-electron chi connectivity index (χ2n) is 5.04. The number of nitrogens with one attached hydrogen (secondary N) is 4. The van der Waals surface area contributed by atoms with Crippen LogP contribution in [0.5, 0.6) is 0 Å². The van der Waals surface area contributed by atoms with Crippen molar-refractivity contribution in [1.82, 2.24) is 9.97 Å². The van der Waals surface area contributed by atoms with E-state index in [4.69, 9.17) is 5.73 Å². The van der Waals surface area contributed by atoms with Gasteiger partial charge in [-0.25, -0.2) is 13.8 Å². The minimum absolute atomic E-state index is 0.355. The fourth-order valence-corrected chi connectivity index (χ4v) is 2.21. The van der Waals surface area contributed by atoms with Gasteiger partial charge < -0.3 is 16.0 Å². The maximum Gasteiger partial charge on any atom is 0.351 e. The summed E-state index contributed by atoms with van der Waals surface area (Å²) in [4.78, 5) is 21.3. The van der Waals surface area contributed by atoms with E-state index < -0.39 is 18.9 Å². The van der Waals surface area contributed by atoms with Crippen molar-refractivity contribution in [1.29, 1.82) is 0 Å². The van der Waals surface area contributed by atoms with Crippen LogP contribution in [0.3, 0.4) is 0 Å². The molecule has 0 radical (unpaired) electrons. The summed E-state index contributed by atoms with van der Waals surface area (Å²) in [6.45, 7) is -0.479. The number of benzene rings is 1. The van der Waals surface area contributed by atoms with E-state index in [2.05, 4.69) is 25.6 Å². The lowest BCUT2D eigenvalue weighted by Crippen LogP contribution is -2.22. The SMILES string of the molecule is NC(=O)c1ccc(Nc2nc3[nH]ccc3c(NCC(F)F)[nH+]2)cc1. The van der Waals surface area contributed by atoms with Gasteiger partial charge in [0.2, 0.25) is 17.4 Å². The maximum absolute atomic E-state index is 12.4. The number of aromatic amines is 2. The molecule has 9 heteroatoms. The molecule has 2 heterocycles. The highest BCUT2D eigenvalue weighted by Gasteiger charge is 2.15. The fourth-order valence-electron chi connectivity index (χ4n) is 2.21. The molecule has 0 fully saturated rings. The zero-order valence-electron chi connectivity index (χ0n) is 12.4. The molecule has 0 unspecified atom stereocenters. The first kappa shape index (κ1) is 15.7. The van der Waals surface area contributed by atoms with Crippen LogP contribution in [0, 0.1) is 0 Å². The Morgan fingerprint density at radius 2 is 2.04 bits per heavy atom. The lowest BCUT2D eigenvalue weighted by molar-refractivity contribution is -0.345. The maximum atomic E-state index is 12.4. The number of anilines is 3. The molecule has 0 aliphatic carbocycles. The molecule has 6 N–H and O–H groups in total. The van der Waals surface area contributed by atoms with Crippen molar-refractivity contribution in [2.75, 3.05) is 17.2 Å². The number of hydrogen-bond donors (Lipinski definition) is 4. The van der Waals surface area contributed by atoms with Gasteiger partial charge in [0, 0.05) is 11.8 Å². The average Bonchev–Trinajstić information content (AvgIpc) is 3.01. The van der Waals surface area contributed by atoms with Gasteiger partial charge in [0.25, 0.3) is 6.43 Å². The van der Waals surface area contributed by atoms with Crippen LogP contribution in [0.25, 0.3) is 11.0 Å². The number of H-pyrrole nitrogens is 2. The van der Waals surface area contributed by atoms with Crippen LogP contribution in [-0.2, 0) is 0 Å². The molecule has 0 aliphatic heterocycles. The molecule has 0 saturated carbocycles. The number of rotatable bonds is 6. The molecule has 1 aromatic carbocycles. The van der Waals surface area contributed by atoms with Gasteiger partial charge in [-0.05, 0) is 30.3 Å². The van der Waals surface area contributed by atoms with Crippen LogP contribution in [0.15, 0.2) is 36.5 Å². The molecule has 3 aromatic rings. The number of hydrogen-bond acceptors (Lipinski definition) is 4. The van der Waals surface area contributed by atoms with E-state index in [0.29, 0.717) is 34.1 Å². The van der Waals surface area contributed by atoms with Gasteiger partial charge in [-0.3, -0.25) is 10.1 Å². The Kier molecular flexibility index (Phi) is 4.23. The lowest BCUT2D eigenvalue weighted by atomic mass is 10.2. The minimum Gasteiger partial charge on any atom is -0.366 e. The largest absolute Gasteiger partial charge is 0.366 e. The highest BCUT2D eigenvalue weighted by atomic mass is 19.3. The van der Waals surface area contributed by atoms with E-state index in [-0.39, 0.29) is 0 Å². The molecular formula is C15H15F2N6O+. The van der Waals surface area contributed by atoms with Gasteiger partial charge in [0.15, 0.2) is 0 Å². The zero-order valence-corrected chi connectivity index (χ0v) is 12.4. The number of carbonyl (C=O) groups excluding carboxylic acids is 1. The van der Waals surface area contributed by atoms with Crippen LogP contribution in [0.4, 0.5) is 26.2 Å². The second-order valence-corrected chi connectivity index (χ2v) is 5.04. The van der Waals surface area contributed by atoms with Gasteiger partial charge >= 0.3 is 5.95 Å². The molecule has 7 nitrogen and oxygen atoms in total. The molecule has 24 heavy (non-hydrogen) atoms. The summed E-state index contributed by atoms with van der Waals surface area (Å²) in [5, 5.41) is 6.34. The fraction of sp³-hybridized carbons (Fsp3) is 0.133. The monoisotopic (exact) mass is 333 g/mol. The van der Waals surface area contributed by atoms with E-state index in [0.717, 1.165) is 0 Å². The van der Waals surface area contributed by atoms with Crippen molar-refractivity contribution in [3.05, 3.63) is 42.1 Å². The summed E-state index contributed by atoms with van der Waals surface area (Å²) in [6.07, 6.45) is -0.803. The topological polar surface area (TPSA) is 110 Å². The third-order valence-electron chi connectivity index (χ3n) is 3.33. The minimum atomic E-state index is -2.47. The van der Waals surface area contributed by atoms with Crippen LogP contribution in [0.2, 0.25) is 0 Å². The first-order chi connectivity index (χ1) is 11.5. The van der Waals surface area contributed by atoms with Crippen molar-refractivity contribution in [3.8, 4) is 0 Å². The third-order valence-corrected chi connectivity index (χ3v) is 3.33. The Morgan fingerprint density at radius 3 is 2.71 bits per heavy atom. The van der Waals surface area contributed by atoms with Crippen LogP contribution < -0.4 is 21.4 Å². The molecule has 2 aromatic heterocycles. The number of nitrogens with two attached hydrogens (primary N) is 1. The molecule has 0 spiro atoms. The number of nitrogens with zero attached hydrogens (tertiary/aromatic N) is 1. The highest BCUT2D eigenvalue weighted by Crippen LogP contribution is 2.20. The number of amides is 1. The number of primary amides is 1. The van der Waals surface area contributed by atoms with Gasteiger partial charge in [0.1, 0.15) is 6.54 Å². The third kappa shape index (κ3) is 3.40. The number of fused-ring (bicyclic) bond motifs is 1. The smallest absolute Gasteiger partial charge is 0.351 e. The lowest BCUT2D eigenvalue weighted by Gasteiger charge is -2.05. The molecule has 124 valence electrons. The summed E-state index contributed by atoms with van der Waals surface area (Å²) in [6, 6.07) is 8.22. The molecule has 0 aliphatic rings. The average molecular weight is 333 g/mol. The van der Waals surface area contributed by atoms with Gasteiger partial charge in [-0.15, -0.1) is 0 Å². The molecule has 3 rings (SSSR count). The van der Waals surface area contributed by atoms with Crippen LogP contribution in [0.1, 0.15) is 10.4 Å². The first-order valence-electron chi connectivity index (χ1n) is 7.12. The van der Waals surface area contributed by atoms with Gasteiger partial charge in [-0.1, -0.05) is 4.98 Å². The first-order valence-corrected chi connectivity index (χ1v) is 7.12. The van der Waals surface area contributed by atoms with Crippen molar-refractivity contribution < 1.29 is 18.6 Å². The molecule has 0 atom stereocenters. The summed E-state index contributed by atoms with van der Waals surface area (Å²) in [7, 11) is 0. The summed E-state index contributed by atoms with van der Waals surface area (Å²) in [5.74, 6) is 0.267. The Bertz CT molecular complexity index is 862. The number of alkyl halides is 2. The van der Waals surface area contributed by atoms with Gasteiger partial charge in [-0.2, -0.15) is 0 Å². The van der Waals surface area contributed by atoms with E-state index in [1.807, 2.05) is 0 Å². The van der Waals surface area contributed by atoms with E-state index in [9.17, 15) is 13.6 Å². The van der Waals surface area contributed by atoms with E-state index in [1.54, 1.807) is 36.5 Å². The van der Waals surface area contributed by atoms with Crippen molar-refractivity contribution in [2.45, 2.75) is 6.43 Å². The van der Waals surface area contributed by atoms with Crippen molar-refractivity contribution in [3.63, 3.8) is 0 Å². The Hall–Kier alpha value is -3.23.